The van der Waals surface area contributed by atoms with Crippen LogP contribution >= 0.6 is 0 Å². The second-order valence-corrected chi connectivity index (χ2v) is 8.54. The van der Waals surface area contributed by atoms with E-state index in [2.05, 4.69) is 19.1 Å². The summed E-state index contributed by atoms with van der Waals surface area (Å²) in [6.45, 7) is -5.06. The normalized spacial score (nSPS) is 21.5. The van der Waals surface area contributed by atoms with Gasteiger partial charge in [-0.15, -0.1) is 0 Å². The second-order valence-electron chi connectivity index (χ2n) is 7.55. The maximum Gasteiger partial charge on any atom is 1.00 e. The van der Waals surface area contributed by atoms with Gasteiger partial charge >= 0.3 is 35.2 Å². The van der Waals surface area contributed by atoms with Gasteiger partial charge < -0.3 is 19.1 Å². The Balaban J connectivity index is 0.00000529. The van der Waals surface area contributed by atoms with Gasteiger partial charge in [-0.1, -0.05) is 0 Å². The first kappa shape index (κ1) is 18.8. The van der Waals surface area contributed by atoms with E-state index >= 15 is 0 Å². The summed E-state index contributed by atoms with van der Waals surface area (Å²) in [4.78, 5) is 17.7. The van der Waals surface area contributed by atoms with Crippen LogP contribution in [-0.2, 0) is 14.6 Å². The number of ether oxygens (including phenoxy) is 1. The van der Waals surface area contributed by atoms with E-state index in [4.69, 9.17) is 15.7 Å². The average Bonchev–Trinajstić information content (AvgIpc) is 3.32. The third-order valence-electron chi connectivity index (χ3n) is 5.49. The molecule has 1 aliphatic heterocycles. The first-order chi connectivity index (χ1) is 19.8. The van der Waals surface area contributed by atoms with Crippen LogP contribution in [0.4, 0.5) is 11.4 Å². The number of benzene rings is 2. The van der Waals surface area contributed by atoms with Gasteiger partial charge in [0.15, 0.2) is 0 Å². The van der Waals surface area contributed by atoms with Crippen LogP contribution in [-0.4, -0.2) is 66.7 Å². The van der Waals surface area contributed by atoms with Crippen molar-refractivity contribution in [1.29, 1.82) is 0 Å². The van der Waals surface area contributed by atoms with Crippen LogP contribution in [0.1, 0.15) is 30.7 Å². The Morgan fingerprint density at radius 3 is 1.97 bits per heavy atom. The first-order valence-corrected chi connectivity index (χ1v) is 11.7. The SMILES string of the molecule is [2H]C([2H])([2H])C([2H])(OS(=O)(=O)[O-])C([2H])(n1ncn(-c2ccc(N3CCN(c4ccc(OC)cc4)CC3)cc2)c1=O)C([2H])([2H])[2H].[Na+]. The summed E-state index contributed by atoms with van der Waals surface area (Å²) in [7, 11) is -4.44. The molecule has 2 aromatic carbocycles. The van der Waals surface area contributed by atoms with Crippen LogP contribution in [0.3, 0.4) is 0 Å². The van der Waals surface area contributed by atoms with Crippen LogP contribution in [0.5, 0.6) is 5.75 Å². The van der Waals surface area contributed by atoms with Crippen molar-refractivity contribution in [3.63, 3.8) is 0 Å². The number of rotatable bonds is 8. The fraction of sp³-hybridized carbons (Fsp3) is 0.391. The van der Waals surface area contributed by atoms with E-state index in [0.717, 1.165) is 41.1 Å². The molecule has 0 amide bonds. The topological polar surface area (TPSA) is 122 Å². The minimum atomic E-state index is -6.04. The van der Waals surface area contributed by atoms with Gasteiger partial charge in [-0.05, 0) is 62.2 Å². The molecule has 0 bridgehead atoms. The minimum Gasteiger partial charge on any atom is -0.726 e. The minimum absolute atomic E-state index is 0. The molecule has 188 valence electrons. The molecule has 1 fully saturated rings. The van der Waals surface area contributed by atoms with E-state index in [-0.39, 0.29) is 39.9 Å². The Morgan fingerprint density at radius 2 is 1.50 bits per heavy atom. The van der Waals surface area contributed by atoms with Crippen molar-refractivity contribution in [3.05, 3.63) is 65.3 Å². The average molecular weight is 534 g/mol. The fourth-order valence-electron chi connectivity index (χ4n) is 3.71. The van der Waals surface area contributed by atoms with E-state index in [0.29, 0.717) is 13.1 Å². The van der Waals surface area contributed by atoms with Gasteiger partial charge in [-0.2, -0.15) is 5.10 Å². The van der Waals surface area contributed by atoms with Crippen molar-refractivity contribution in [1.82, 2.24) is 14.3 Å². The molecular weight excluding hydrogens is 497 g/mol. The molecule has 2 heterocycles. The van der Waals surface area contributed by atoms with Gasteiger partial charge in [0, 0.05) is 45.8 Å². The van der Waals surface area contributed by atoms with Crippen molar-refractivity contribution in [2.45, 2.75) is 25.8 Å². The molecule has 11 nitrogen and oxygen atoms in total. The van der Waals surface area contributed by atoms with E-state index in [1.54, 1.807) is 19.2 Å². The van der Waals surface area contributed by atoms with Crippen molar-refractivity contribution in [3.8, 4) is 11.4 Å². The monoisotopic (exact) mass is 533 g/mol. The second kappa shape index (κ2) is 11.8. The van der Waals surface area contributed by atoms with E-state index < -0.39 is 41.9 Å². The van der Waals surface area contributed by atoms with Gasteiger partial charge in [-0.3, -0.25) is 4.18 Å². The third-order valence-corrected chi connectivity index (χ3v) is 5.86. The number of piperazine rings is 1. The Labute approximate surface area is 243 Å². The summed E-state index contributed by atoms with van der Waals surface area (Å²) < 4.78 is 106. The molecule has 36 heavy (non-hydrogen) atoms. The molecule has 1 aromatic heterocycles. The zero-order chi connectivity index (χ0) is 32.0. The molecule has 2 atom stereocenters. The van der Waals surface area contributed by atoms with Crippen LogP contribution in [0.25, 0.3) is 5.69 Å². The third kappa shape index (κ3) is 6.50. The van der Waals surface area contributed by atoms with Gasteiger partial charge in [-0.25, -0.2) is 22.5 Å². The fourth-order valence-corrected chi connectivity index (χ4v) is 4.00. The smallest absolute Gasteiger partial charge is 0.726 e. The van der Waals surface area contributed by atoms with Gasteiger partial charge in [0.05, 0.1) is 27.6 Å². The van der Waals surface area contributed by atoms with Gasteiger partial charge in [0.1, 0.15) is 12.1 Å². The molecule has 0 aliphatic carbocycles. The Hall–Kier alpha value is -2.35. The molecule has 0 N–H and O–H groups in total. The number of aromatic nitrogens is 3. The largest absolute Gasteiger partial charge is 1.00 e. The van der Waals surface area contributed by atoms with E-state index in [1.165, 1.54) is 12.1 Å². The van der Waals surface area contributed by atoms with Crippen LogP contribution in [0.15, 0.2) is 59.7 Å². The standard InChI is InChI=1S/C23H29N5O6S.Na/c1-17(18(2)34-35(30,31)32)28-23(29)27(16-24-28)21-6-4-19(5-7-21)25-12-14-26(15-13-25)20-8-10-22(33-3)11-9-20;/h4-11,16-18H,12-15H2,1-3H3,(H,30,31,32);/q;+1/p-1/i1D3,2D3,17D,18D;. The molecule has 4 rings (SSSR count). The van der Waals surface area contributed by atoms with Crippen LogP contribution < -0.4 is 49.8 Å². The molecule has 0 spiro atoms. The summed E-state index contributed by atoms with van der Waals surface area (Å²) >= 11 is 0. The maximum atomic E-state index is 13.3. The van der Waals surface area contributed by atoms with Crippen molar-refractivity contribution in [2.24, 2.45) is 0 Å². The maximum absolute atomic E-state index is 13.3. The van der Waals surface area contributed by atoms with Crippen molar-refractivity contribution < 1.29 is 62.4 Å². The predicted octanol–water partition coefficient (Wildman–Crippen LogP) is -1.20. The van der Waals surface area contributed by atoms with Crippen LogP contribution in [0.2, 0.25) is 0 Å². The predicted molar refractivity (Wildman–Crippen MR) is 130 cm³/mol. The quantitative estimate of drug-likeness (QED) is 0.200. The van der Waals surface area contributed by atoms with E-state index in [1.807, 2.05) is 24.3 Å². The number of nitrogens with zero attached hydrogens (tertiary/aromatic N) is 5. The number of methoxy groups -OCH3 is 1. The van der Waals surface area contributed by atoms with Gasteiger partial charge in [0.25, 0.3) is 0 Å². The van der Waals surface area contributed by atoms with E-state index in [9.17, 15) is 17.8 Å². The zero-order valence-corrected chi connectivity index (χ0v) is 22.4. The Kier molecular flexibility index (Phi) is 6.17. The Morgan fingerprint density at radius 1 is 0.972 bits per heavy atom. The summed E-state index contributed by atoms with van der Waals surface area (Å²) in [6, 6.07) is 10.1. The van der Waals surface area contributed by atoms with Gasteiger partial charge in [0.2, 0.25) is 10.4 Å². The summed E-state index contributed by atoms with van der Waals surface area (Å²) in [5.41, 5.74) is 0.632. The first-order valence-electron chi connectivity index (χ1n) is 14.4. The number of anilines is 2. The molecular formula is C23H28N5NaO6S. The molecule has 3 aromatic rings. The summed E-state index contributed by atoms with van der Waals surface area (Å²) in [6.07, 6.45) is -3.50. The van der Waals surface area contributed by atoms with Crippen molar-refractivity contribution in [2.75, 3.05) is 43.1 Å². The number of hydrogen-bond acceptors (Lipinski definition) is 9. The molecule has 13 heteroatoms. The summed E-state index contributed by atoms with van der Waals surface area (Å²) in [5.74, 6) is 0.763. The van der Waals surface area contributed by atoms with Crippen molar-refractivity contribution >= 4 is 21.8 Å². The molecule has 0 saturated carbocycles. The zero-order valence-electron chi connectivity index (χ0n) is 27.6. The molecule has 1 aliphatic rings. The number of hydrogen-bond donors (Lipinski definition) is 0. The summed E-state index contributed by atoms with van der Waals surface area (Å²) in [5, 5.41) is 3.55. The molecule has 0 radical (unpaired) electrons. The molecule has 1 saturated heterocycles. The molecule has 2 unspecified atom stereocenters. The van der Waals surface area contributed by atoms with Crippen LogP contribution in [0, 0.1) is 0 Å². The Bertz CT molecular complexity index is 1610.